The van der Waals surface area contributed by atoms with E-state index in [4.69, 9.17) is 9.94 Å². The fourth-order valence-electron chi connectivity index (χ4n) is 2.93. The van der Waals surface area contributed by atoms with Crippen molar-refractivity contribution < 1.29 is 29.4 Å². The van der Waals surface area contributed by atoms with Crippen molar-refractivity contribution in [1.29, 1.82) is 0 Å². The van der Waals surface area contributed by atoms with Crippen LogP contribution in [0, 0.1) is 11.8 Å². The molecule has 3 amide bonds. The lowest BCUT2D eigenvalue weighted by Gasteiger charge is -2.19. The van der Waals surface area contributed by atoms with E-state index in [1.165, 1.54) is 24.5 Å². The Balaban J connectivity index is 0.00000648. The zero-order chi connectivity index (χ0) is 25.6. The van der Waals surface area contributed by atoms with Crippen LogP contribution in [-0.4, -0.2) is 67.0 Å². The summed E-state index contributed by atoms with van der Waals surface area (Å²) in [5.41, 5.74) is 3.76. The number of ether oxygens (including phenoxy) is 1. The molecule has 2 atom stereocenters. The molecule has 0 heterocycles. The number of methoxy groups -OCH3 is 1. The van der Waals surface area contributed by atoms with Crippen LogP contribution in [0.3, 0.4) is 0 Å². The van der Waals surface area contributed by atoms with Crippen molar-refractivity contribution in [2.75, 3.05) is 32.1 Å². The lowest BCUT2D eigenvalue weighted by Crippen LogP contribution is -2.51. The minimum absolute atomic E-state index is 0. The number of carbonyl (C=O) groups excluding carboxylic acids is 3. The highest BCUT2D eigenvalue weighted by Crippen LogP contribution is 2.10. The van der Waals surface area contributed by atoms with E-state index in [0.29, 0.717) is 24.4 Å². The summed E-state index contributed by atoms with van der Waals surface area (Å²) in [6, 6.07) is 12.2. The lowest BCUT2D eigenvalue weighted by atomic mass is 10.1. The number of aliphatic hydroxyl groups excluding tert-OH is 1. The summed E-state index contributed by atoms with van der Waals surface area (Å²) in [4.78, 5) is 35.8. The second-order valence-electron chi connectivity index (χ2n) is 7.64. The monoisotopic (exact) mass is 498 g/mol. The van der Waals surface area contributed by atoms with E-state index in [-0.39, 0.29) is 25.4 Å². The lowest BCUT2D eigenvalue weighted by molar-refractivity contribution is -0.133. The zero-order valence-electron chi connectivity index (χ0n) is 19.6. The van der Waals surface area contributed by atoms with Gasteiger partial charge in [-0.15, -0.1) is 0 Å². The number of anilines is 1. The first-order valence-corrected chi connectivity index (χ1v) is 11.0. The van der Waals surface area contributed by atoms with Gasteiger partial charge in [0.05, 0.1) is 12.6 Å². The van der Waals surface area contributed by atoms with Crippen molar-refractivity contribution in [2.45, 2.75) is 32.9 Å². The highest BCUT2D eigenvalue weighted by atomic mass is 16.5. The molecule has 0 aliphatic carbocycles. The molecule has 2 aromatic carbocycles. The van der Waals surface area contributed by atoms with Crippen LogP contribution >= 0.6 is 0 Å². The first-order valence-electron chi connectivity index (χ1n) is 11.0. The molecule has 36 heavy (non-hydrogen) atoms. The van der Waals surface area contributed by atoms with Crippen LogP contribution in [0.2, 0.25) is 0 Å². The predicted molar refractivity (Wildman–Crippen MR) is 136 cm³/mol. The fourth-order valence-corrected chi connectivity index (χ4v) is 2.93. The summed E-state index contributed by atoms with van der Waals surface area (Å²) in [6.45, 7) is 2.88. The summed E-state index contributed by atoms with van der Waals surface area (Å²) in [5, 5.41) is 26.6. The third-order valence-corrected chi connectivity index (χ3v) is 4.82. The molecular formula is C26H34N4O6. The number of amides is 3. The molecule has 0 saturated heterocycles. The summed E-state index contributed by atoms with van der Waals surface area (Å²) in [5.74, 6) is 4.37. The zero-order valence-corrected chi connectivity index (χ0v) is 19.6. The van der Waals surface area contributed by atoms with E-state index in [0.717, 1.165) is 12.0 Å². The van der Waals surface area contributed by atoms with Gasteiger partial charge in [-0.1, -0.05) is 19.3 Å². The minimum Gasteiger partial charge on any atom is -0.391 e. The van der Waals surface area contributed by atoms with E-state index in [1.807, 2.05) is 0 Å². The maximum Gasteiger partial charge on any atom is 0.268 e. The molecule has 0 aliphatic rings. The normalized spacial score (nSPS) is 11.7. The maximum atomic E-state index is 12.3. The molecule has 0 unspecified atom stereocenters. The average molecular weight is 499 g/mol. The SMILES string of the molecule is C.COCCCNCC(=O)Nc1ccc(C#Cc2ccc(C(=O)N[C@H](C(=O)NO)[C@@H](C)O)cc2)cc1. The van der Waals surface area contributed by atoms with Gasteiger partial charge in [-0.2, -0.15) is 0 Å². The van der Waals surface area contributed by atoms with E-state index in [9.17, 15) is 19.5 Å². The van der Waals surface area contributed by atoms with Crippen LogP contribution in [0.1, 0.15) is 42.3 Å². The van der Waals surface area contributed by atoms with Gasteiger partial charge in [-0.05, 0) is 68.4 Å². The van der Waals surface area contributed by atoms with Crippen molar-refractivity contribution in [3.8, 4) is 11.8 Å². The smallest absolute Gasteiger partial charge is 0.268 e. The second-order valence-corrected chi connectivity index (χ2v) is 7.64. The molecular weight excluding hydrogens is 464 g/mol. The number of aliphatic hydroxyl groups is 1. The number of nitrogens with one attached hydrogen (secondary N) is 4. The molecule has 6 N–H and O–H groups in total. The standard InChI is InChI=1S/C25H30N4O6.CH4/c1-17(30)23(25(33)29-34)28-24(32)20-10-6-18(7-11-20)4-5-19-8-12-21(13-9-19)27-22(31)16-26-14-3-15-35-2;/h6-13,17,23,26,30,34H,3,14-16H2,1-2H3,(H,27,31)(H,28,32)(H,29,33);1H4/t17-,23+;/m1./s1. The maximum absolute atomic E-state index is 12.3. The Kier molecular flexibility index (Phi) is 13.5. The van der Waals surface area contributed by atoms with Gasteiger partial charge in [0.1, 0.15) is 6.04 Å². The molecule has 0 saturated carbocycles. The second kappa shape index (κ2) is 16.0. The van der Waals surface area contributed by atoms with Crippen molar-refractivity contribution in [1.82, 2.24) is 16.1 Å². The Morgan fingerprint density at radius 3 is 2.11 bits per heavy atom. The fraction of sp³-hybridized carbons (Fsp3) is 0.346. The quantitative estimate of drug-likeness (QED) is 0.118. The Bertz CT molecular complexity index is 1040. The van der Waals surface area contributed by atoms with Gasteiger partial charge < -0.3 is 25.8 Å². The van der Waals surface area contributed by atoms with Gasteiger partial charge in [0.25, 0.3) is 11.8 Å². The number of rotatable bonds is 11. The van der Waals surface area contributed by atoms with E-state index in [2.05, 4.69) is 27.8 Å². The third kappa shape index (κ3) is 10.2. The van der Waals surface area contributed by atoms with Crippen LogP contribution in [0.4, 0.5) is 5.69 Å². The highest BCUT2D eigenvalue weighted by molar-refractivity contribution is 5.97. The third-order valence-electron chi connectivity index (χ3n) is 4.82. The molecule has 2 aromatic rings. The van der Waals surface area contributed by atoms with Gasteiger partial charge in [0.2, 0.25) is 5.91 Å². The number of benzene rings is 2. The van der Waals surface area contributed by atoms with Crippen molar-refractivity contribution in [3.05, 3.63) is 65.2 Å². The van der Waals surface area contributed by atoms with Crippen LogP contribution in [0.5, 0.6) is 0 Å². The average Bonchev–Trinajstić information content (AvgIpc) is 2.86. The van der Waals surface area contributed by atoms with E-state index >= 15 is 0 Å². The first-order chi connectivity index (χ1) is 16.8. The van der Waals surface area contributed by atoms with Crippen LogP contribution < -0.4 is 21.4 Å². The summed E-state index contributed by atoms with van der Waals surface area (Å²) >= 11 is 0. The van der Waals surface area contributed by atoms with Gasteiger partial charge in [0, 0.05) is 36.1 Å². The predicted octanol–water partition coefficient (Wildman–Crippen LogP) is 1.27. The molecule has 0 aromatic heterocycles. The first kappa shape index (κ1) is 30.3. The summed E-state index contributed by atoms with van der Waals surface area (Å²) in [7, 11) is 1.64. The molecule has 0 spiro atoms. The van der Waals surface area contributed by atoms with Crippen LogP contribution in [-0.2, 0) is 14.3 Å². The van der Waals surface area contributed by atoms with Gasteiger partial charge >= 0.3 is 0 Å². The summed E-state index contributed by atoms with van der Waals surface area (Å²) < 4.78 is 4.95. The van der Waals surface area contributed by atoms with Crippen LogP contribution in [0.25, 0.3) is 0 Å². The van der Waals surface area contributed by atoms with Gasteiger partial charge in [-0.3, -0.25) is 19.6 Å². The largest absolute Gasteiger partial charge is 0.391 e. The number of carbonyl (C=O) groups is 3. The van der Waals surface area contributed by atoms with Crippen molar-refractivity contribution >= 4 is 23.4 Å². The van der Waals surface area contributed by atoms with Crippen LogP contribution in [0.15, 0.2) is 48.5 Å². The molecule has 0 radical (unpaired) electrons. The van der Waals surface area contributed by atoms with E-state index < -0.39 is 24.0 Å². The molecule has 0 aliphatic heterocycles. The van der Waals surface area contributed by atoms with Crippen molar-refractivity contribution in [2.24, 2.45) is 0 Å². The van der Waals surface area contributed by atoms with E-state index in [1.54, 1.807) is 43.5 Å². The highest BCUT2D eigenvalue weighted by Gasteiger charge is 2.25. The molecule has 194 valence electrons. The molecule has 2 rings (SSSR count). The van der Waals surface area contributed by atoms with Crippen molar-refractivity contribution in [3.63, 3.8) is 0 Å². The van der Waals surface area contributed by atoms with Gasteiger partial charge in [0.15, 0.2) is 0 Å². The Labute approximate surface area is 211 Å². The Morgan fingerprint density at radius 1 is 1.00 bits per heavy atom. The Hall–Kier alpha value is -3.75. The summed E-state index contributed by atoms with van der Waals surface area (Å²) in [6.07, 6.45) is -0.362. The number of hydrogen-bond acceptors (Lipinski definition) is 7. The van der Waals surface area contributed by atoms with Gasteiger partial charge in [-0.25, -0.2) is 5.48 Å². The molecule has 0 bridgehead atoms. The molecule has 10 nitrogen and oxygen atoms in total. The number of hydroxylamine groups is 1. The minimum atomic E-state index is -1.29. The molecule has 10 heteroatoms. The topological polar surface area (TPSA) is 149 Å². The number of hydrogen-bond donors (Lipinski definition) is 6. The Morgan fingerprint density at radius 2 is 1.58 bits per heavy atom. The molecule has 0 fully saturated rings.